The lowest BCUT2D eigenvalue weighted by atomic mass is 10.0. The van der Waals surface area contributed by atoms with Crippen molar-refractivity contribution >= 4 is 0 Å². The highest BCUT2D eigenvalue weighted by atomic mass is 16.5. The van der Waals surface area contributed by atoms with E-state index in [2.05, 4.69) is 56.1 Å². The molecule has 0 spiro atoms. The predicted octanol–water partition coefficient (Wildman–Crippen LogP) is 2.50. The molecule has 0 aliphatic carbocycles. The summed E-state index contributed by atoms with van der Waals surface area (Å²) in [6.45, 7) is 14.8. The van der Waals surface area contributed by atoms with Crippen LogP contribution in [-0.2, 0) is 11.3 Å². The molecule has 0 amide bonds. The van der Waals surface area contributed by atoms with Crippen molar-refractivity contribution in [1.82, 2.24) is 10.2 Å². The molecule has 0 saturated carbocycles. The SMILES string of the molecule is Cc1cccc(CNCC(C)(C)N2CCOCC2)c1C. The van der Waals surface area contributed by atoms with Crippen molar-refractivity contribution in [3.05, 3.63) is 34.9 Å². The Balaban J connectivity index is 1.86. The standard InChI is InChI=1S/C17H28N2O/c1-14-6-5-7-16(15(14)2)12-18-13-17(3,4)19-8-10-20-11-9-19/h5-7,18H,8-13H2,1-4H3. The highest BCUT2D eigenvalue weighted by Crippen LogP contribution is 2.16. The van der Waals surface area contributed by atoms with Gasteiger partial charge in [-0.25, -0.2) is 0 Å². The third-order valence-corrected chi connectivity index (χ3v) is 4.46. The summed E-state index contributed by atoms with van der Waals surface area (Å²) in [7, 11) is 0. The zero-order chi connectivity index (χ0) is 14.6. The van der Waals surface area contributed by atoms with Crippen molar-refractivity contribution in [2.24, 2.45) is 0 Å². The van der Waals surface area contributed by atoms with Crippen molar-refractivity contribution in [3.63, 3.8) is 0 Å². The van der Waals surface area contributed by atoms with Crippen LogP contribution >= 0.6 is 0 Å². The summed E-state index contributed by atoms with van der Waals surface area (Å²) in [6.07, 6.45) is 0. The van der Waals surface area contributed by atoms with Gasteiger partial charge in [0.05, 0.1) is 13.2 Å². The number of hydrogen-bond acceptors (Lipinski definition) is 3. The van der Waals surface area contributed by atoms with E-state index in [1.807, 2.05) is 0 Å². The molecule has 112 valence electrons. The molecule has 0 unspecified atom stereocenters. The first kappa shape index (κ1) is 15.5. The zero-order valence-electron chi connectivity index (χ0n) is 13.3. The van der Waals surface area contributed by atoms with Crippen LogP contribution in [0.1, 0.15) is 30.5 Å². The number of ether oxygens (including phenoxy) is 1. The third kappa shape index (κ3) is 3.81. The Labute approximate surface area is 123 Å². The Kier molecular flexibility index (Phi) is 5.19. The lowest BCUT2D eigenvalue weighted by Crippen LogP contribution is -2.54. The van der Waals surface area contributed by atoms with Crippen LogP contribution in [0.5, 0.6) is 0 Å². The van der Waals surface area contributed by atoms with Gasteiger partial charge in [-0.15, -0.1) is 0 Å². The van der Waals surface area contributed by atoms with E-state index >= 15 is 0 Å². The zero-order valence-corrected chi connectivity index (χ0v) is 13.3. The number of nitrogens with zero attached hydrogens (tertiary/aromatic N) is 1. The fraction of sp³-hybridized carbons (Fsp3) is 0.647. The Hall–Kier alpha value is -0.900. The number of morpholine rings is 1. The molecule has 1 aliphatic heterocycles. The Morgan fingerprint density at radius 3 is 2.60 bits per heavy atom. The minimum Gasteiger partial charge on any atom is -0.379 e. The van der Waals surface area contributed by atoms with Crippen molar-refractivity contribution < 1.29 is 4.74 Å². The molecule has 1 N–H and O–H groups in total. The molecule has 0 aromatic heterocycles. The van der Waals surface area contributed by atoms with E-state index in [1.165, 1.54) is 16.7 Å². The third-order valence-electron chi connectivity index (χ3n) is 4.46. The maximum Gasteiger partial charge on any atom is 0.0594 e. The van der Waals surface area contributed by atoms with Gasteiger partial charge in [-0.05, 0) is 44.4 Å². The Bertz CT molecular complexity index is 437. The second kappa shape index (κ2) is 6.70. The summed E-state index contributed by atoms with van der Waals surface area (Å²) in [6, 6.07) is 6.54. The van der Waals surface area contributed by atoms with E-state index in [0.29, 0.717) is 0 Å². The quantitative estimate of drug-likeness (QED) is 0.894. The molecule has 0 bridgehead atoms. The van der Waals surface area contributed by atoms with Crippen LogP contribution in [0.2, 0.25) is 0 Å². The Morgan fingerprint density at radius 2 is 1.90 bits per heavy atom. The minimum atomic E-state index is 0.182. The summed E-state index contributed by atoms with van der Waals surface area (Å²) in [5.41, 5.74) is 4.37. The van der Waals surface area contributed by atoms with E-state index < -0.39 is 0 Å². The van der Waals surface area contributed by atoms with Crippen LogP contribution in [0.15, 0.2) is 18.2 Å². The van der Waals surface area contributed by atoms with E-state index in [0.717, 1.165) is 39.4 Å². The molecule has 1 aromatic rings. The van der Waals surface area contributed by atoms with Crippen molar-refractivity contribution in [3.8, 4) is 0 Å². The summed E-state index contributed by atoms with van der Waals surface area (Å²) in [5.74, 6) is 0. The second-order valence-corrected chi connectivity index (χ2v) is 6.37. The van der Waals surface area contributed by atoms with Gasteiger partial charge in [0.15, 0.2) is 0 Å². The van der Waals surface area contributed by atoms with Crippen LogP contribution in [0.25, 0.3) is 0 Å². The van der Waals surface area contributed by atoms with Gasteiger partial charge in [-0.1, -0.05) is 18.2 Å². The molecule has 1 fully saturated rings. The molecule has 2 rings (SSSR count). The van der Waals surface area contributed by atoms with Crippen molar-refractivity contribution in [1.29, 1.82) is 0 Å². The number of hydrogen-bond donors (Lipinski definition) is 1. The largest absolute Gasteiger partial charge is 0.379 e. The first-order chi connectivity index (χ1) is 9.50. The molecular weight excluding hydrogens is 248 g/mol. The minimum absolute atomic E-state index is 0.182. The lowest BCUT2D eigenvalue weighted by molar-refractivity contribution is -0.00967. The molecule has 0 radical (unpaired) electrons. The summed E-state index contributed by atoms with van der Waals surface area (Å²) >= 11 is 0. The number of benzene rings is 1. The van der Waals surface area contributed by atoms with Gasteiger partial charge >= 0.3 is 0 Å². The van der Waals surface area contributed by atoms with Gasteiger partial charge in [0.2, 0.25) is 0 Å². The predicted molar refractivity (Wildman–Crippen MR) is 84.1 cm³/mol. The van der Waals surface area contributed by atoms with Gasteiger partial charge < -0.3 is 10.1 Å². The second-order valence-electron chi connectivity index (χ2n) is 6.37. The lowest BCUT2D eigenvalue weighted by Gasteiger charge is -2.41. The molecule has 1 aromatic carbocycles. The Morgan fingerprint density at radius 1 is 1.20 bits per heavy atom. The normalized spacial score (nSPS) is 17.4. The van der Waals surface area contributed by atoms with Gasteiger partial charge in [0, 0.05) is 31.7 Å². The number of rotatable bonds is 5. The average molecular weight is 276 g/mol. The molecule has 3 heteroatoms. The van der Waals surface area contributed by atoms with E-state index in [9.17, 15) is 0 Å². The van der Waals surface area contributed by atoms with Crippen LogP contribution in [0, 0.1) is 13.8 Å². The molecule has 0 atom stereocenters. The molecular formula is C17H28N2O. The molecule has 1 heterocycles. The van der Waals surface area contributed by atoms with Crippen LogP contribution in [-0.4, -0.2) is 43.3 Å². The highest BCUT2D eigenvalue weighted by molar-refractivity contribution is 5.32. The van der Waals surface area contributed by atoms with E-state index in [1.54, 1.807) is 0 Å². The maximum atomic E-state index is 5.44. The number of aryl methyl sites for hydroxylation is 1. The highest BCUT2D eigenvalue weighted by Gasteiger charge is 2.27. The smallest absolute Gasteiger partial charge is 0.0594 e. The maximum absolute atomic E-state index is 5.44. The number of nitrogens with one attached hydrogen (secondary N) is 1. The van der Waals surface area contributed by atoms with Gasteiger partial charge in [-0.3, -0.25) is 4.90 Å². The van der Waals surface area contributed by atoms with Crippen LogP contribution < -0.4 is 5.32 Å². The van der Waals surface area contributed by atoms with Gasteiger partial charge in [0.1, 0.15) is 0 Å². The first-order valence-electron chi connectivity index (χ1n) is 7.59. The first-order valence-corrected chi connectivity index (χ1v) is 7.59. The molecule has 3 nitrogen and oxygen atoms in total. The molecule has 1 saturated heterocycles. The van der Waals surface area contributed by atoms with Crippen molar-refractivity contribution in [2.45, 2.75) is 39.8 Å². The topological polar surface area (TPSA) is 24.5 Å². The average Bonchev–Trinajstić information content (AvgIpc) is 2.44. The van der Waals surface area contributed by atoms with E-state index in [4.69, 9.17) is 4.74 Å². The fourth-order valence-corrected chi connectivity index (χ4v) is 2.79. The van der Waals surface area contributed by atoms with Gasteiger partial charge in [0.25, 0.3) is 0 Å². The summed E-state index contributed by atoms with van der Waals surface area (Å²) in [5, 5.41) is 3.62. The fourth-order valence-electron chi connectivity index (χ4n) is 2.79. The van der Waals surface area contributed by atoms with Crippen LogP contribution in [0.3, 0.4) is 0 Å². The van der Waals surface area contributed by atoms with Gasteiger partial charge in [-0.2, -0.15) is 0 Å². The van der Waals surface area contributed by atoms with Crippen LogP contribution in [0.4, 0.5) is 0 Å². The summed E-state index contributed by atoms with van der Waals surface area (Å²) < 4.78 is 5.44. The monoisotopic (exact) mass is 276 g/mol. The molecule has 1 aliphatic rings. The summed E-state index contributed by atoms with van der Waals surface area (Å²) in [4.78, 5) is 2.52. The molecule has 20 heavy (non-hydrogen) atoms. The van der Waals surface area contributed by atoms with Crippen molar-refractivity contribution in [2.75, 3.05) is 32.8 Å². The van der Waals surface area contributed by atoms with E-state index in [-0.39, 0.29) is 5.54 Å².